The lowest BCUT2D eigenvalue weighted by molar-refractivity contribution is -0.0156. The molecule has 3 heterocycles. The molecule has 4 rings (SSSR count). The van der Waals surface area contributed by atoms with Gasteiger partial charge in [0.2, 0.25) is 0 Å². The Morgan fingerprint density at radius 1 is 1.38 bits per heavy atom. The molecule has 0 unspecified atom stereocenters. The van der Waals surface area contributed by atoms with Crippen LogP contribution in [-0.4, -0.2) is 76.8 Å². The summed E-state index contributed by atoms with van der Waals surface area (Å²) >= 11 is 0. The highest BCUT2D eigenvalue weighted by molar-refractivity contribution is 5.94. The average molecular weight is 340 g/mol. The lowest BCUT2D eigenvalue weighted by Gasteiger charge is -2.45. The summed E-state index contributed by atoms with van der Waals surface area (Å²) in [6, 6.07) is -0.265. The fourth-order valence-electron chi connectivity index (χ4n) is 3.54. The summed E-state index contributed by atoms with van der Waals surface area (Å²) in [5.74, 6) is -2.14. The molecule has 132 valence electrons. The number of likely N-dealkylation sites (tertiary alicyclic amines) is 2. The summed E-state index contributed by atoms with van der Waals surface area (Å²) in [5.41, 5.74) is 0.504. The molecular weight excluding hydrogens is 318 g/mol. The van der Waals surface area contributed by atoms with Crippen LogP contribution in [0.1, 0.15) is 29.6 Å². The van der Waals surface area contributed by atoms with Crippen LogP contribution in [0.15, 0.2) is 12.4 Å². The van der Waals surface area contributed by atoms with Gasteiger partial charge < -0.3 is 9.64 Å². The van der Waals surface area contributed by atoms with Crippen LogP contribution in [0.25, 0.3) is 0 Å². The second-order valence-corrected chi connectivity index (χ2v) is 7.22. The number of ether oxygens (including phenoxy) is 1. The minimum absolute atomic E-state index is 0.0104. The normalized spacial score (nSPS) is 27.4. The number of amides is 1. The van der Waals surface area contributed by atoms with Crippen LogP contribution in [0.3, 0.4) is 0 Å². The molecule has 0 aromatic carbocycles. The Hall–Kier alpha value is -1.54. The third-order valence-corrected chi connectivity index (χ3v) is 5.14. The number of aromatic amines is 1. The van der Waals surface area contributed by atoms with Crippen LogP contribution in [0.5, 0.6) is 0 Å². The van der Waals surface area contributed by atoms with E-state index in [0.717, 1.165) is 0 Å². The number of aromatic nitrogens is 2. The Labute approximate surface area is 139 Å². The van der Waals surface area contributed by atoms with Crippen molar-refractivity contribution in [3.05, 3.63) is 18.0 Å². The summed E-state index contributed by atoms with van der Waals surface area (Å²) in [5, 5.41) is 6.38. The van der Waals surface area contributed by atoms with E-state index in [-0.39, 0.29) is 31.0 Å². The van der Waals surface area contributed by atoms with Gasteiger partial charge >= 0.3 is 0 Å². The van der Waals surface area contributed by atoms with E-state index in [2.05, 4.69) is 10.2 Å². The molecule has 2 saturated heterocycles. The number of alkyl halides is 2. The van der Waals surface area contributed by atoms with Gasteiger partial charge in [-0.05, 0) is 18.8 Å². The summed E-state index contributed by atoms with van der Waals surface area (Å²) in [6.07, 6.45) is 5.27. The van der Waals surface area contributed by atoms with E-state index in [0.29, 0.717) is 37.8 Å². The molecule has 2 aliphatic heterocycles. The first kappa shape index (κ1) is 16.0. The minimum atomic E-state index is -2.66. The zero-order valence-electron chi connectivity index (χ0n) is 13.5. The largest absolute Gasteiger partial charge is 0.380 e. The average Bonchev–Trinajstić information content (AvgIpc) is 3.03. The lowest BCUT2D eigenvalue weighted by atomic mass is 10.0. The van der Waals surface area contributed by atoms with Crippen molar-refractivity contribution in [2.75, 3.05) is 32.8 Å². The highest BCUT2D eigenvalue weighted by Gasteiger charge is 2.50. The van der Waals surface area contributed by atoms with Crippen LogP contribution in [0.4, 0.5) is 8.78 Å². The van der Waals surface area contributed by atoms with Gasteiger partial charge in [0.15, 0.2) is 0 Å². The first-order chi connectivity index (χ1) is 11.5. The number of nitrogens with one attached hydrogen (secondary N) is 1. The molecule has 1 atom stereocenters. The maximum atomic E-state index is 13.9. The Kier molecular flexibility index (Phi) is 4.04. The van der Waals surface area contributed by atoms with Gasteiger partial charge in [-0.25, -0.2) is 8.78 Å². The molecule has 8 heteroatoms. The van der Waals surface area contributed by atoms with Gasteiger partial charge in [0.05, 0.1) is 24.9 Å². The number of carbonyl (C=O) groups excluding carboxylic acids is 1. The molecule has 1 aromatic rings. The number of halogens is 2. The first-order valence-corrected chi connectivity index (χ1v) is 8.51. The van der Waals surface area contributed by atoms with Crippen molar-refractivity contribution in [2.45, 2.75) is 37.3 Å². The Morgan fingerprint density at radius 2 is 2.17 bits per heavy atom. The highest BCUT2D eigenvalue weighted by atomic mass is 19.3. The molecule has 6 nitrogen and oxygen atoms in total. The zero-order chi connectivity index (χ0) is 16.7. The summed E-state index contributed by atoms with van der Waals surface area (Å²) < 4.78 is 33.4. The van der Waals surface area contributed by atoms with Crippen LogP contribution >= 0.6 is 0 Å². The van der Waals surface area contributed by atoms with Gasteiger partial charge in [-0.2, -0.15) is 5.10 Å². The van der Waals surface area contributed by atoms with Gasteiger partial charge in [0, 0.05) is 44.4 Å². The molecular formula is C16H22F2N4O2. The maximum Gasteiger partial charge on any atom is 0.262 e. The first-order valence-electron chi connectivity index (χ1n) is 8.51. The molecule has 3 aliphatic rings. The van der Waals surface area contributed by atoms with Gasteiger partial charge in [0.1, 0.15) is 0 Å². The van der Waals surface area contributed by atoms with Gasteiger partial charge in [-0.15, -0.1) is 0 Å². The Morgan fingerprint density at radius 3 is 2.83 bits per heavy atom. The quantitative estimate of drug-likeness (QED) is 0.850. The van der Waals surface area contributed by atoms with Crippen LogP contribution in [0, 0.1) is 5.92 Å². The molecule has 0 spiro atoms. The maximum absolute atomic E-state index is 13.9. The third-order valence-electron chi connectivity index (χ3n) is 5.14. The standard InChI is InChI=1S/C16H22F2N4O2/c17-16(18)3-13(9-24-8-11-1-2-11)22(10-16)14-6-21(7-14)15(23)12-4-19-20-5-12/h4-5,11,13-14H,1-3,6-10H2,(H,19,20)/t13-/m0/s1. The topological polar surface area (TPSA) is 61.5 Å². The second kappa shape index (κ2) is 6.07. The highest BCUT2D eigenvalue weighted by Crippen LogP contribution is 2.36. The SMILES string of the molecule is O=C(c1cn[nH]c1)N1CC(N2CC(F)(F)C[C@H]2COCC2CC2)C1. The van der Waals surface area contributed by atoms with Crippen molar-refractivity contribution < 1.29 is 18.3 Å². The van der Waals surface area contributed by atoms with Crippen molar-refractivity contribution in [1.29, 1.82) is 0 Å². The smallest absolute Gasteiger partial charge is 0.262 e. The van der Waals surface area contributed by atoms with E-state index in [9.17, 15) is 13.6 Å². The number of hydrogen-bond donors (Lipinski definition) is 1. The fraction of sp³-hybridized carbons (Fsp3) is 0.750. The number of rotatable bonds is 6. The van der Waals surface area contributed by atoms with Crippen molar-refractivity contribution in [3.63, 3.8) is 0 Å². The van der Waals surface area contributed by atoms with E-state index < -0.39 is 5.92 Å². The van der Waals surface area contributed by atoms with Crippen molar-refractivity contribution in [3.8, 4) is 0 Å². The minimum Gasteiger partial charge on any atom is -0.380 e. The summed E-state index contributed by atoms with van der Waals surface area (Å²) in [6.45, 7) is 1.78. The number of hydrogen-bond acceptors (Lipinski definition) is 4. The fourth-order valence-corrected chi connectivity index (χ4v) is 3.54. The van der Waals surface area contributed by atoms with Crippen molar-refractivity contribution in [2.24, 2.45) is 5.92 Å². The van der Waals surface area contributed by atoms with Gasteiger partial charge in [-0.3, -0.25) is 14.8 Å². The van der Waals surface area contributed by atoms with E-state index in [1.54, 1.807) is 11.1 Å². The number of H-pyrrole nitrogens is 1. The van der Waals surface area contributed by atoms with E-state index in [4.69, 9.17) is 4.74 Å². The lowest BCUT2D eigenvalue weighted by Crippen LogP contribution is -2.62. The van der Waals surface area contributed by atoms with Gasteiger partial charge in [-0.1, -0.05) is 0 Å². The number of nitrogens with zero attached hydrogens (tertiary/aromatic N) is 3. The van der Waals surface area contributed by atoms with Crippen LogP contribution in [0.2, 0.25) is 0 Å². The molecule has 0 bridgehead atoms. The predicted molar refractivity (Wildman–Crippen MR) is 81.9 cm³/mol. The Bertz CT molecular complexity index is 585. The molecule has 1 N–H and O–H groups in total. The van der Waals surface area contributed by atoms with E-state index in [1.165, 1.54) is 19.0 Å². The summed E-state index contributed by atoms with van der Waals surface area (Å²) in [4.78, 5) is 15.7. The molecule has 1 saturated carbocycles. The molecule has 1 amide bonds. The number of carbonyl (C=O) groups is 1. The van der Waals surface area contributed by atoms with Crippen molar-refractivity contribution in [1.82, 2.24) is 20.0 Å². The van der Waals surface area contributed by atoms with E-state index in [1.807, 2.05) is 4.90 Å². The zero-order valence-corrected chi connectivity index (χ0v) is 13.5. The molecule has 3 fully saturated rings. The second-order valence-electron chi connectivity index (χ2n) is 7.22. The molecule has 1 aliphatic carbocycles. The van der Waals surface area contributed by atoms with Crippen LogP contribution < -0.4 is 0 Å². The van der Waals surface area contributed by atoms with E-state index >= 15 is 0 Å². The molecule has 1 aromatic heterocycles. The van der Waals surface area contributed by atoms with Crippen molar-refractivity contribution >= 4 is 5.91 Å². The molecule has 24 heavy (non-hydrogen) atoms. The Balaban J connectivity index is 1.31. The third kappa shape index (κ3) is 3.30. The van der Waals surface area contributed by atoms with Crippen LogP contribution in [-0.2, 0) is 4.74 Å². The summed E-state index contributed by atoms with van der Waals surface area (Å²) in [7, 11) is 0. The predicted octanol–water partition coefficient (Wildman–Crippen LogP) is 1.37. The van der Waals surface area contributed by atoms with Gasteiger partial charge in [0.25, 0.3) is 11.8 Å². The molecule has 0 radical (unpaired) electrons. The monoisotopic (exact) mass is 340 g/mol.